The first kappa shape index (κ1) is 19.5. The van der Waals surface area contributed by atoms with Crippen LogP contribution in [0.25, 0.3) is 0 Å². The Bertz CT molecular complexity index is 659. The number of morpholine rings is 1. The highest BCUT2D eigenvalue weighted by atomic mass is 16.5. The second kappa shape index (κ2) is 8.66. The van der Waals surface area contributed by atoms with Crippen molar-refractivity contribution in [2.24, 2.45) is 0 Å². The maximum absolute atomic E-state index is 12.8. The van der Waals surface area contributed by atoms with E-state index in [4.69, 9.17) is 4.74 Å². The van der Waals surface area contributed by atoms with Crippen molar-refractivity contribution in [1.29, 1.82) is 0 Å². The molecule has 4 heterocycles. The molecule has 0 aromatic carbocycles. The number of amides is 2. The summed E-state index contributed by atoms with van der Waals surface area (Å²) < 4.78 is 6.15. The summed E-state index contributed by atoms with van der Waals surface area (Å²) in [6.07, 6.45) is 10.1. The van der Waals surface area contributed by atoms with Crippen molar-refractivity contribution >= 4 is 11.8 Å². The first-order valence-corrected chi connectivity index (χ1v) is 10.7. The Hall–Kier alpha value is -1.86. The summed E-state index contributed by atoms with van der Waals surface area (Å²) in [5.41, 5.74) is 0.394. The van der Waals surface area contributed by atoms with Crippen LogP contribution in [0.5, 0.6) is 0 Å². The topological polar surface area (TPSA) is 68.9 Å². The lowest BCUT2D eigenvalue weighted by atomic mass is 9.89. The van der Waals surface area contributed by atoms with E-state index in [1.807, 2.05) is 15.9 Å². The van der Waals surface area contributed by atoms with Crippen LogP contribution in [0.3, 0.4) is 0 Å². The molecule has 7 nitrogen and oxygen atoms in total. The molecule has 0 bridgehead atoms. The van der Waals surface area contributed by atoms with E-state index in [9.17, 15) is 9.59 Å². The van der Waals surface area contributed by atoms with Crippen LogP contribution in [0.4, 0.5) is 0 Å². The van der Waals surface area contributed by atoms with E-state index in [2.05, 4.69) is 9.88 Å². The number of ether oxygens (including phenoxy) is 1. The van der Waals surface area contributed by atoms with E-state index in [1.165, 1.54) is 25.7 Å². The molecule has 0 saturated carbocycles. The predicted octanol–water partition coefficient (Wildman–Crippen LogP) is 1.72. The largest absolute Gasteiger partial charge is 0.371 e. The molecule has 3 saturated heterocycles. The average Bonchev–Trinajstić information content (AvgIpc) is 3.13. The quantitative estimate of drug-likeness (QED) is 0.856. The summed E-state index contributed by atoms with van der Waals surface area (Å²) in [5, 5.41) is 0. The van der Waals surface area contributed by atoms with Gasteiger partial charge in [0, 0.05) is 32.0 Å². The van der Waals surface area contributed by atoms with E-state index >= 15 is 0 Å². The number of likely N-dealkylation sites (tertiary alicyclic amines) is 2. The molecule has 1 aromatic heterocycles. The average molecular weight is 389 g/mol. The number of aromatic nitrogens is 1. The maximum atomic E-state index is 12.8. The molecule has 0 unspecified atom stereocenters. The number of carbonyl (C=O) groups is 2. The van der Waals surface area contributed by atoms with Crippen molar-refractivity contribution in [3.05, 3.63) is 24.0 Å². The van der Waals surface area contributed by atoms with Crippen molar-refractivity contribution in [3.63, 3.8) is 0 Å². The minimum atomic E-state index is -0.302. The van der Waals surface area contributed by atoms with Gasteiger partial charge in [0.15, 0.2) is 0 Å². The number of H-pyrrole nitrogens is 1. The van der Waals surface area contributed by atoms with Gasteiger partial charge in [-0.3, -0.25) is 14.5 Å². The van der Waals surface area contributed by atoms with E-state index in [0.29, 0.717) is 31.8 Å². The summed E-state index contributed by atoms with van der Waals surface area (Å²) in [6, 6.07) is 1.81. The second-order valence-corrected chi connectivity index (χ2v) is 8.43. The van der Waals surface area contributed by atoms with Crippen molar-refractivity contribution in [2.75, 3.05) is 52.4 Å². The molecule has 0 aliphatic carbocycles. The molecule has 28 heavy (non-hydrogen) atoms. The molecule has 154 valence electrons. The highest BCUT2D eigenvalue weighted by molar-refractivity contribution is 5.94. The molecule has 7 heteroatoms. The minimum Gasteiger partial charge on any atom is -0.371 e. The standard InChI is InChI=1S/C21H32N4O3/c26-19(16-23-9-3-1-2-4-10-23)24-11-6-21(7-12-24)17-25(13-14-28-21)20(27)18-5-8-22-15-18/h5,8,15,22H,1-4,6-7,9-14,16-17H2. The molecule has 3 fully saturated rings. The molecule has 2 amide bonds. The zero-order valence-corrected chi connectivity index (χ0v) is 16.7. The molecular weight excluding hydrogens is 356 g/mol. The van der Waals surface area contributed by atoms with Crippen molar-refractivity contribution in [1.82, 2.24) is 19.7 Å². The van der Waals surface area contributed by atoms with E-state index in [0.717, 1.165) is 39.0 Å². The Morgan fingerprint density at radius 3 is 2.43 bits per heavy atom. The Balaban J connectivity index is 1.30. The van der Waals surface area contributed by atoms with E-state index < -0.39 is 0 Å². The third-order valence-corrected chi connectivity index (χ3v) is 6.47. The molecule has 0 atom stereocenters. The fraction of sp³-hybridized carbons (Fsp3) is 0.714. The van der Waals surface area contributed by atoms with Gasteiger partial charge in [0.1, 0.15) is 0 Å². The Morgan fingerprint density at radius 2 is 1.75 bits per heavy atom. The van der Waals surface area contributed by atoms with Crippen molar-refractivity contribution < 1.29 is 14.3 Å². The van der Waals surface area contributed by atoms with Crippen molar-refractivity contribution in [3.8, 4) is 0 Å². The highest BCUT2D eigenvalue weighted by Crippen LogP contribution is 2.31. The van der Waals surface area contributed by atoms with Gasteiger partial charge in [0.2, 0.25) is 5.91 Å². The Kier molecular flexibility index (Phi) is 6.01. The van der Waals surface area contributed by atoms with Gasteiger partial charge < -0.3 is 19.5 Å². The summed E-state index contributed by atoms with van der Waals surface area (Å²) in [5.74, 6) is 0.302. The lowest BCUT2D eigenvalue weighted by Crippen LogP contribution is -2.59. The predicted molar refractivity (Wildman–Crippen MR) is 106 cm³/mol. The van der Waals surface area contributed by atoms with Crippen LogP contribution in [-0.4, -0.2) is 89.5 Å². The van der Waals surface area contributed by atoms with E-state index in [1.54, 1.807) is 12.4 Å². The molecule has 3 aliphatic heterocycles. The third-order valence-electron chi connectivity index (χ3n) is 6.47. The van der Waals surface area contributed by atoms with Gasteiger partial charge in [-0.2, -0.15) is 0 Å². The number of aromatic amines is 1. The highest BCUT2D eigenvalue weighted by Gasteiger charge is 2.42. The SMILES string of the molecule is O=C(CN1CCCCCC1)N1CCC2(CC1)CN(C(=O)c1cc[nH]c1)CCO2. The van der Waals surface area contributed by atoms with Gasteiger partial charge >= 0.3 is 0 Å². The van der Waals surface area contributed by atoms with E-state index in [-0.39, 0.29) is 17.4 Å². The number of carbonyl (C=O) groups excluding carboxylic acids is 2. The van der Waals surface area contributed by atoms with Crippen LogP contribution in [0.2, 0.25) is 0 Å². The summed E-state index contributed by atoms with van der Waals surface area (Å²) >= 11 is 0. The van der Waals surface area contributed by atoms with Crippen molar-refractivity contribution in [2.45, 2.75) is 44.1 Å². The van der Waals surface area contributed by atoms with Crippen LogP contribution in [0.1, 0.15) is 48.9 Å². The van der Waals surface area contributed by atoms with Crippen LogP contribution >= 0.6 is 0 Å². The van der Waals surface area contributed by atoms with Gasteiger partial charge in [0.05, 0.1) is 30.9 Å². The summed E-state index contributed by atoms with van der Waals surface area (Å²) in [7, 11) is 0. The molecular formula is C21H32N4O3. The first-order valence-electron chi connectivity index (χ1n) is 10.7. The molecule has 1 spiro atoms. The normalized spacial score (nSPS) is 23.6. The smallest absolute Gasteiger partial charge is 0.255 e. The van der Waals surface area contributed by atoms with Crippen LogP contribution in [0, 0.1) is 0 Å². The first-order chi connectivity index (χ1) is 13.7. The molecule has 1 aromatic rings. The lowest BCUT2D eigenvalue weighted by molar-refractivity contribution is -0.147. The summed E-state index contributed by atoms with van der Waals surface area (Å²) in [4.78, 5) is 34.6. The van der Waals surface area contributed by atoms with Gasteiger partial charge in [-0.05, 0) is 44.8 Å². The zero-order valence-electron chi connectivity index (χ0n) is 16.7. The number of nitrogens with one attached hydrogen (secondary N) is 1. The van der Waals surface area contributed by atoms with Gasteiger partial charge in [-0.1, -0.05) is 12.8 Å². The molecule has 3 aliphatic rings. The fourth-order valence-electron chi connectivity index (χ4n) is 4.71. The van der Waals surface area contributed by atoms with Gasteiger partial charge in [-0.25, -0.2) is 0 Å². The number of hydrogen-bond acceptors (Lipinski definition) is 4. The monoisotopic (exact) mass is 388 g/mol. The lowest BCUT2D eigenvalue weighted by Gasteiger charge is -2.47. The minimum absolute atomic E-state index is 0.0589. The van der Waals surface area contributed by atoms with Gasteiger partial charge in [-0.15, -0.1) is 0 Å². The second-order valence-electron chi connectivity index (χ2n) is 8.43. The molecule has 4 rings (SSSR count). The number of hydrogen-bond donors (Lipinski definition) is 1. The summed E-state index contributed by atoms with van der Waals surface area (Å²) in [6.45, 7) is 5.89. The molecule has 1 N–H and O–H groups in total. The maximum Gasteiger partial charge on any atom is 0.255 e. The molecule has 0 radical (unpaired) electrons. The number of rotatable bonds is 3. The Morgan fingerprint density at radius 1 is 1.00 bits per heavy atom. The number of piperidine rings is 1. The zero-order chi connectivity index (χ0) is 19.4. The third kappa shape index (κ3) is 4.41. The fourth-order valence-corrected chi connectivity index (χ4v) is 4.71. The van der Waals surface area contributed by atoms with Crippen LogP contribution < -0.4 is 0 Å². The van der Waals surface area contributed by atoms with Crippen LogP contribution in [0.15, 0.2) is 18.5 Å². The number of nitrogens with zero attached hydrogens (tertiary/aromatic N) is 3. The van der Waals surface area contributed by atoms with Gasteiger partial charge in [0.25, 0.3) is 5.91 Å². The Labute approximate surface area is 167 Å². The van der Waals surface area contributed by atoms with Crippen LogP contribution in [-0.2, 0) is 9.53 Å².